The number of amides is 3. The van der Waals surface area contributed by atoms with Crippen LogP contribution >= 0.6 is 0 Å². The maximum atomic E-state index is 13.5. The summed E-state index contributed by atoms with van der Waals surface area (Å²) >= 11 is 0. The quantitative estimate of drug-likeness (QED) is 0.909. The van der Waals surface area contributed by atoms with Gasteiger partial charge in [0.05, 0.1) is 30.5 Å². The number of hydrogen-bond donors (Lipinski definition) is 1. The molecule has 0 saturated carbocycles. The summed E-state index contributed by atoms with van der Waals surface area (Å²) in [4.78, 5) is 27.9. The second-order valence-corrected chi connectivity index (χ2v) is 5.58. The lowest BCUT2D eigenvalue weighted by molar-refractivity contribution is -0.126. The van der Waals surface area contributed by atoms with Gasteiger partial charge in [0.15, 0.2) is 0 Å². The van der Waals surface area contributed by atoms with Crippen molar-refractivity contribution in [1.29, 1.82) is 0 Å². The standard InChI is InChI=1S/C16H18FN3O3/c1-19-12-9-20(6-7-23-2)15(21)13(12)14(18-16(19)22)10-4-3-5-11(17)8-10/h3-5,8,14H,6-7,9H2,1-2H3,(H,18,22)/t14-/m0/s1. The third-order valence-corrected chi connectivity index (χ3v) is 4.18. The Kier molecular flexibility index (Phi) is 4.04. The van der Waals surface area contributed by atoms with Crippen LogP contribution < -0.4 is 5.32 Å². The van der Waals surface area contributed by atoms with Crippen LogP contribution in [0.4, 0.5) is 9.18 Å². The highest BCUT2D eigenvalue weighted by molar-refractivity contribution is 6.01. The summed E-state index contributed by atoms with van der Waals surface area (Å²) in [5, 5.41) is 2.77. The first-order valence-corrected chi connectivity index (χ1v) is 7.34. The average molecular weight is 319 g/mol. The van der Waals surface area contributed by atoms with Gasteiger partial charge in [-0.25, -0.2) is 9.18 Å². The zero-order chi connectivity index (χ0) is 16.6. The van der Waals surface area contributed by atoms with Crippen molar-refractivity contribution in [2.45, 2.75) is 6.04 Å². The van der Waals surface area contributed by atoms with Crippen molar-refractivity contribution < 1.29 is 18.7 Å². The molecule has 0 unspecified atom stereocenters. The van der Waals surface area contributed by atoms with Crippen LogP contribution in [0.1, 0.15) is 11.6 Å². The molecule has 6 nitrogen and oxygen atoms in total. The topological polar surface area (TPSA) is 61.9 Å². The number of likely N-dealkylation sites (N-methyl/N-ethyl adjacent to an activating group) is 1. The molecule has 1 aromatic carbocycles. The molecule has 3 amide bonds. The van der Waals surface area contributed by atoms with Crippen molar-refractivity contribution in [1.82, 2.24) is 15.1 Å². The molecule has 0 aliphatic carbocycles. The lowest BCUT2D eigenvalue weighted by Crippen LogP contribution is -2.45. The number of ether oxygens (including phenoxy) is 1. The summed E-state index contributed by atoms with van der Waals surface area (Å²) in [6, 6.07) is 5.00. The molecule has 2 heterocycles. The third-order valence-electron chi connectivity index (χ3n) is 4.18. The number of nitrogens with zero attached hydrogens (tertiary/aromatic N) is 2. The Morgan fingerprint density at radius 3 is 2.87 bits per heavy atom. The second kappa shape index (κ2) is 6.00. The van der Waals surface area contributed by atoms with Crippen molar-refractivity contribution in [3.05, 3.63) is 46.9 Å². The van der Waals surface area contributed by atoms with E-state index in [-0.39, 0.29) is 11.9 Å². The lowest BCUT2D eigenvalue weighted by Gasteiger charge is -2.31. The van der Waals surface area contributed by atoms with Gasteiger partial charge < -0.3 is 15.0 Å². The van der Waals surface area contributed by atoms with Crippen molar-refractivity contribution >= 4 is 11.9 Å². The smallest absolute Gasteiger partial charge is 0.322 e. The van der Waals surface area contributed by atoms with Gasteiger partial charge >= 0.3 is 6.03 Å². The van der Waals surface area contributed by atoms with E-state index in [1.54, 1.807) is 31.2 Å². The number of carbonyl (C=O) groups is 2. The van der Waals surface area contributed by atoms with E-state index in [9.17, 15) is 14.0 Å². The zero-order valence-corrected chi connectivity index (χ0v) is 13.0. The molecule has 0 aromatic heterocycles. The number of carbonyl (C=O) groups excluding carboxylic acids is 2. The second-order valence-electron chi connectivity index (χ2n) is 5.58. The first kappa shape index (κ1) is 15.5. The van der Waals surface area contributed by atoms with Gasteiger partial charge in [0.1, 0.15) is 5.82 Å². The minimum absolute atomic E-state index is 0.154. The summed E-state index contributed by atoms with van der Waals surface area (Å²) < 4.78 is 18.6. The molecule has 2 aliphatic heterocycles. The van der Waals surface area contributed by atoms with E-state index in [1.807, 2.05) is 0 Å². The largest absolute Gasteiger partial charge is 0.383 e. The van der Waals surface area contributed by atoms with Crippen LogP contribution in [0.5, 0.6) is 0 Å². The molecule has 0 saturated heterocycles. The fraction of sp³-hybridized carbons (Fsp3) is 0.375. The maximum Gasteiger partial charge on any atom is 0.322 e. The van der Waals surface area contributed by atoms with Gasteiger partial charge in [0, 0.05) is 20.7 Å². The predicted octanol–water partition coefficient (Wildman–Crippen LogP) is 1.26. The van der Waals surface area contributed by atoms with Gasteiger partial charge in [0.25, 0.3) is 5.91 Å². The predicted molar refractivity (Wildman–Crippen MR) is 80.9 cm³/mol. The first-order valence-electron chi connectivity index (χ1n) is 7.34. The molecule has 1 N–H and O–H groups in total. The number of halogens is 1. The minimum atomic E-state index is -0.635. The number of rotatable bonds is 4. The minimum Gasteiger partial charge on any atom is -0.383 e. The van der Waals surface area contributed by atoms with E-state index in [2.05, 4.69) is 5.32 Å². The number of nitrogens with one attached hydrogen (secondary N) is 1. The molecule has 1 aromatic rings. The van der Waals surface area contributed by atoms with E-state index < -0.39 is 11.9 Å². The van der Waals surface area contributed by atoms with E-state index in [0.717, 1.165) is 0 Å². The highest BCUT2D eigenvalue weighted by atomic mass is 19.1. The molecular weight excluding hydrogens is 301 g/mol. The molecule has 0 radical (unpaired) electrons. The maximum absolute atomic E-state index is 13.5. The van der Waals surface area contributed by atoms with Gasteiger partial charge in [-0.05, 0) is 17.7 Å². The zero-order valence-electron chi connectivity index (χ0n) is 13.0. The van der Waals surface area contributed by atoms with Crippen LogP contribution in [0.2, 0.25) is 0 Å². The van der Waals surface area contributed by atoms with Crippen LogP contribution in [0.25, 0.3) is 0 Å². The Bertz CT molecular complexity index is 689. The van der Waals surface area contributed by atoms with E-state index in [0.29, 0.717) is 36.5 Å². The Morgan fingerprint density at radius 2 is 2.17 bits per heavy atom. The lowest BCUT2D eigenvalue weighted by atomic mass is 9.96. The fourth-order valence-electron chi connectivity index (χ4n) is 2.94. The Labute approximate surface area is 133 Å². The number of methoxy groups -OCH3 is 1. The number of hydrogen-bond acceptors (Lipinski definition) is 3. The van der Waals surface area contributed by atoms with E-state index in [1.165, 1.54) is 17.0 Å². The van der Waals surface area contributed by atoms with Gasteiger partial charge in [0.2, 0.25) is 0 Å². The van der Waals surface area contributed by atoms with Crippen molar-refractivity contribution in [2.75, 3.05) is 33.9 Å². The summed E-state index contributed by atoms with van der Waals surface area (Å²) in [5.74, 6) is -0.558. The van der Waals surface area contributed by atoms with Crippen LogP contribution in [-0.2, 0) is 9.53 Å². The summed E-state index contributed by atoms with van der Waals surface area (Å²) in [5.41, 5.74) is 1.71. The Morgan fingerprint density at radius 1 is 1.39 bits per heavy atom. The van der Waals surface area contributed by atoms with Gasteiger partial charge in [-0.2, -0.15) is 0 Å². The number of benzene rings is 1. The molecular formula is C16H18FN3O3. The summed E-state index contributed by atoms with van der Waals surface area (Å²) in [6.07, 6.45) is 0. The molecule has 2 aliphatic rings. The molecule has 0 fully saturated rings. The normalized spacial score (nSPS) is 20.9. The molecule has 122 valence electrons. The monoisotopic (exact) mass is 319 g/mol. The Balaban J connectivity index is 1.98. The van der Waals surface area contributed by atoms with Crippen LogP contribution in [0, 0.1) is 5.82 Å². The summed E-state index contributed by atoms with van der Waals surface area (Å²) in [7, 11) is 3.19. The third kappa shape index (κ3) is 2.68. The van der Waals surface area contributed by atoms with Crippen LogP contribution in [0.3, 0.4) is 0 Å². The Hall–Kier alpha value is -2.41. The SMILES string of the molecule is COCCN1CC2=C(C1=O)[C@H](c1cccc(F)c1)NC(=O)N2C. The average Bonchev–Trinajstić information content (AvgIpc) is 2.86. The van der Waals surface area contributed by atoms with Crippen molar-refractivity contribution in [2.24, 2.45) is 0 Å². The van der Waals surface area contributed by atoms with E-state index >= 15 is 0 Å². The van der Waals surface area contributed by atoms with Crippen LogP contribution in [0.15, 0.2) is 35.5 Å². The molecule has 7 heteroatoms. The summed E-state index contributed by atoms with van der Waals surface area (Å²) in [6.45, 7) is 1.22. The van der Waals surface area contributed by atoms with Gasteiger partial charge in [-0.1, -0.05) is 12.1 Å². The highest BCUT2D eigenvalue weighted by Crippen LogP contribution is 2.35. The van der Waals surface area contributed by atoms with Gasteiger partial charge in [-0.15, -0.1) is 0 Å². The van der Waals surface area contributed by atoms with Crippen molar-refractivity contribution in [3.63, 3.8) is 0 Å². The van der Waals surface area contributed by atoms with Gasteiger partial charge in [-0.3, -0.25) is 9.69 Å². The first-order chi connectivity index (χ1) is 11.0. The fourth-order valence-corrected chi connectivity index (χ4v) is 2.94. The number of urea groups is 1. The molecule has 3 rings (SSSR count). The molecule has 1 atom stereocenters. The highest BCUT2D eigenvalue weighted by Gasteiger charge is 2.42. The van der Waals surface area contributed by atoms with Crippen LogP contribution in [-0.4, -0.2) is 55.6 Å². The molecule has 0 bridgehead atoms. The molecule has 23 heavy (non-hydrogen) atoms. The van der Waals surface area contributed by atoms with E-state index in [4.69, 9.17) is 4.74 Å². The molecule has 0 spiro atoms. The van der Waals surface area contributed by atoms with Crippen molar-refractivity contribution in [3.8, 4) is 0 Å².